The molecule has 7 aliphatic rings. The van der Waals surface area contributed by atoms with Crippen molar-refractivity contribution < 1.29 is 0 Å². The molecule has 0 saturated heterocycles. The Balaban J connectivity index is 1.47. The fraction of sp³-hybridized carbons (Fsp3) is 1.00. The summed E-state index contributed by atoms with van der Waals surface area (Å²) in [5, 5.41) is 0. The minimum absolute atomic E-state index is 0.914. The van der Waals surface area contributed by atoms with Crippen LogP contribution in [-0.4, -0.2) is 0 Å². The molecule has 0 aromatic carbocycles. The molecule has 0 heteroatoms. The summed E-state index contributed by atoms with van der Waals surface area (Å²) in [6, 6.07) is 0. The molecular weight excluding hydrogens is 240 g/mol. The Morgan fingerprint density at radius 2 is 1.70 bits per heavy atom. The monoisotopic (exact) mass is 270 g/mol. The minimum Gasteiger partial charge on any atom is -0.0628 e. The minimum atomic E-state index is 0.914. The van der Waals surface area contributed by atoms with Crippen LogP contribution in [0.2, 0.25) is 0 Å². The van der Waals surface area contributed by atoms with Gasteiger partial charge in [0.1, 0.15) is 0 Å². The zero-order chi connectivity index (χ0) is 13.2. The Kier molecular flexibility index (Phi) is 1.92. The van der Waals surface area contributed by atoms with Crippen molar-refractivity contribution in [1.82, 2.24) is 0 Å². The second-order valence-electron chi connectivity index (χ2n) is 10.2. The van der Waals surface area contributed by atoms with Gasteiger partial charge in [-0.05, 0) is 110 Å². The van der Waals surface area contributed by atoms with Gasteiger partial charge in [0.25, 0.3) is 0 Å². The standard InChI is InChI=1S/C20H30/c1-10(2)3-13-9-20-17-6-11-4-15-14(17)7-12(13)8-18(20)16(5-11)19(15)20/h10-19H,3-9H2,1-2H3. The average molecular weight is 270 g/mol. The highest BCUT2D eigenvalue weighted by atomic mass is 14.8. The van der Waals surface area contributed by atoms with Gasteiger partial charge in [0.15, 0.2) is 0 Å². The maximum atomic E-state index is 2.46. The van der Waals surface area contributed by atoms with Crippen molar-refractivity contribution in [1.29, 1.82) is 0 Å². The van der Waals surface area contributed by atoms with Crippen LogP contribution >= 0.6 is 0 Å². The molecule has 7 fully saturated rings. The molecule has 0 heterocycles. The van der Waals surface area contributed by atoms with E-state index in [1.165, 1.54) is 41.4 Å². The average Bonchev–Trinajstić information content (AvgIpc) is 2.62. The Bertz CT molecular complexity index is 463. The van der Waals surface area contributed by atoms with E-state index in [9.17, 15) is 0 Å². The zero-order valence-corrected chi connectivity index (χ0v) is 13.2. The maximum absolute atomic E-state index is 2.46. The molecule has 10 atom stereocenters. The molecule has 10 unspecified atom stereocenters. The van der Waals surface area contributed by atoms with Crippen molar-refractivity contribution in [2.75, 3.05) is 0 Å². The summed E-state index contributed by atoms with van der Waals surface area (Å²) in [6.07, 6.45) is 11.6. The van der Waals surface area contributed by atoms with Crippen LogP contribution < -0.4 is 0 Å². The second kappa shape index (κ2) is 3.33. The molecule has 0 amide bonds. The van der Waals surface area contributed by atoms with Gasteiger partial charge in [-0.1, -0.05) is 13.8 Å². The zero-order valence-electron chi connectivity index (χ0n) is 13.2. The summed E-state index contributed by atoms with van der Waals surface area (Å²) in [4.78, 5) is 0. The van der Waals surface area contributed by atoms with E-state index >= 15 is 0 Å². The number of hydrogen-bond donors (Lipinski definition) is 0. The number of rotatable bonds is 2. The molecule has 1 spiro atoms. The van der Waals surface area contributed by atoms with E-state index in [4.69, 9.17) is 0 Å². The highest BCUT2D eigenvalue weighted by Gasteiger charge is 2.79. The van der Waals surface area contributed by atoms with E-state index in [0.29, 0.717) is 0 Å². The molecule has 0 aromatic heterocycles. The quantitative estimate of drug-likeness (QED) is 0.663. The summed E-state index contributed by atoms with van der Waals surface area (Å²) in [6.45, 7) is 4.93. The topological polar surface area (TPSA) is 0 Å². The van der Waals surface area contributed by atoms with E-state index in [2.05, 4.69) is 13.8 Å². The van der Waals surface area contributed by atoms with Crippen LogP contribution in [0.4, 0.5) is 0 Å². The summed E-state index contributed by atoms with van der Waals surface area (Å²) in [5.74, 6) is 11.7. The molecule has 110 valence electrons. The Labute approximate surface area is 124 Å². The molecule has 0 aromatic rings. The third-order valence-electron chi connectivity index (χ3n) is 9.49. The van der Waals surface area contributed by atoms with Crippen LogP contribution in [0.25, 0.3) is 0 Å². The van der Waals surface area contributed by atoms with Gasteiger partial charge in [-0.25, -0.2) is 0 Å². The molecule has 0 N–H and O–H groups in total. The molecule has 0 radical (unpaired) electrons. The molecule has 7 saturated carbocycles. The largest absolute Gasteiger partial charge is 0.0628 e. The van der Waals surface area contributed by atoms with E-state index in [1.54, 1.807) is 44.9 Å². The Morgan fingerprint density at radius 3 is 2.55 bits per heavy atom. The summed E-state index contributed by atoms with van der Waals surface area (Å²) in [7, 11) is 0. The van der Waals surface area contributed by atoms with Crippen molar-refractivity contribution in [3.05, 3.63) is 0 Å². The predicted octanol–water partition coefficient (Wildman–Crippen LogP) is 4.99. The van der Waals surface area contributed by atoms with Crippen LogP contribution in [0, 0.1) is 64.6 Å². The summed E-state index contributed by atoms with van der Waals surface area (Å²) < 4.78 is 0. The van der Waals surface area contributed by atoms with Crippen LogP contribution in [0.1, 0.15) is 58.8 Å². The van der Waals surface area contributed by atoms with Gasteiger partial charge >= 0.3 is 0 Å². The molecule has 7 rings (SSSR count). The first kappa shape index (κ1) is 11.6. The highest BCUT2D eigenvalue weighted by Crippen LogP contribution is 2.85. The fourth-order valence-corrected chi connectivity index (χ4v) is 9.65. The van der Waals surface area contributed by atoms with Crippen LogP contribution in [0.3, 0.4) is 0 Å². The van der Waals surface area contributed by atoms with Gasteiger partial charge in [-0.2, -0.15) is 0 Å². The molecule has 6 bridgehead atoms. The third-order valence-corrected chi connectivity index (χ3v) is 9.49. The molecular formula is C20H30. The van der Waals surface area contributed by atoms with Crippen molar-refractivity contribution >= 4 is 0 Å². The van der Waals surface area contributed by atoms with Gasteiger partial charge in [0.2, 0.25) is 0 Å². The molecule has 0 aliphatic heterocycles. The Hall–Kier alpha value is 0. The van der Waals surface area contributed by atoms with Gasteiger partial charge in [0.05, 0.1) is 0 Å². The van der Waals surface area contributed by atoms with Crippen molar-refractivity contribution in [2.45, 2.75) is 58.8 Å². The lowest BCUT2D eigenvalue weighted by Gasteiger charge is -2.67. The number of fused-ring (bicyclic) bond motifs is 2. The third kappa shape index (κ3) is 1.03. The predicted molar refractivity (Wildman–Crippen MR) is 81.0 cm³/mol. The van der Waals surface area contributed by atoms with Gasteiger partial charge < -0.3 is 0 Å². The fourth-order valence-electron chi connectivity index (χ4n) is 9.65. The smallest absolute Gasteiger partial charge is 0.0199 e. The van der Waals surface area contributed by atoms with Gasteiger partial charge in [0, 0.05) is 0 Å². The van der Waals surface area contributed by atoms with Crippen molar-refractivity contribution in [3.8, 4) is 0 Å². The highest BCUT2D eigenvalue weighted by molar-refractivity contribution is 5.27. The van der Waals surface area contributed by atoms with E-state index in [0.717, 1.165) is 23.2 Å². The summed E-state index contributed by atoms with van der Waals surface area (Å²) in [5.41, 5.74) is 0.914. The van der Waals surface area contributed by atoms with E-state index in [-0.39, 0.29) is 0 Å². The molecule has 20 heavy (non-hydrogen) atoms. The first-order valence-corrected chi connectivity index (χ1v) is 9.68. The SMILES string of the molecule is CC(C)CC1CC23C4CC5CC6C4CC1CC2C(C5)C63. The van der Waals surface area contributed by atoms with E-state index in [1.807, 2.05) is 0 Å². The molecule has 7 aliphatic carbocycles. The normalized spacial score (nSPS) is 67.7. The second-order valence-corrected chi connectivity index (χ2v) is 10.2. The van der Waals surface area contributed by atoms with E-state index < -0.39 is 0 Å². The lowest BCUT2D eigenvalue weighted by molar-refractivity contribution is -0.194. The first-order chi connectivity index (χ1) is 9.68. The van der Waals surface area contributed by atoms with Gasteiger partial charge in [-0.3, -0.25) is 0 Å². The van der Waals surface area contributed by atoms with Crippen molar-refractivity contribution in [3.63, 3.8) is 0 Å². The first-order valence-electron chi connectivity index (χ1n) is 9.68. The van der Waals surface area contributed by atoms with Crippen LogP contribution in [-0.2, 0) is 0 Å². The van der Waals surface area contributed by atoms with Gasteiger partial charge in [-0.15, -0.1) is 0 Å². The maximum Gasteiger partial charge on any atom is -0.0199 e. The molecule has 0 nitrogen and oxygen atoms in total. The van der Waals surface area contributed by atoms with Crippen molar-refractivity contribution in [2.24, 2.45) is 64.6 Å². The summed E-state index contributed by atoms with van der Waals surface area (Å²) >= 11 is 0. The lowest BCUT2D eigenvalue weighted by atomic mass is 9.37. The number of hydrogen-bond acceptors (Lipinski definition) is 0. The Morgan fingerprint density at radius 1 is 0.900 bits per heavy atom. The van der Waals surface area contributed by atoms with Crippen LogP contribution in [0.15, 0.2) is 0 Å². The van der Waals surface area contributed by atoms with Crippen LogP contribution in [0.5, 0.6) is 0 Å². The lowest BCUT2D eigenvalue weighted by Crippen LogP contribution is -2.61.